The molecule has 22 heavy (non-hydrogen) atoms. The molecular weight excluding hydrogens is 284 g/mol. The number of hydrogen-bond acceptors (Lipinski definition) is 5. The summed E-state index contributed by atoms with van der Waals surface area (Å²) >= 11 is 0. The van der Waals surface area contributed by atoms with Gasteiger partial charge in [-0.25, -0.2) is 0 Å². The third-order valence-corrected chi connectivity index (χ3v) is 2.92. The van der Waals surface area contributed by atoms with Gasteiger partial charge in [-0.3, -0.25) is 9.59 Å². The van der Waals surface area contributed by atoms with Crippen molar-refractivity contribution in [2.45, 2.75) is 13.8 Å². The van der Waals surface area contributed by atoms with Crippen LogP contribution in [0.4, 0.5) is 0 Å². The molecule has 0 saturated heterocycles. The Morgan fingerprint density at radius 2 is 1.73 bits per heavy atom. The summed E-state index contributed by atoms with van der Waals surface area (Å²) < 4.78 is 15.6. The molecular formula is C17H16O5. The van der Waals surface area contributed by atoms with Gasteiger partial charge in [-0.05, 0) is 29.5 Å². The highest BCUT2D eigenvalue weighted by Crippen LogP contribution is 2.17. The van der Waals surface area contributed by atoms with Gasteiger partial charge in [0, 0.05) is 24.6 Å². The first-order chi connectivity index (χ1) is 10.4. The molecule has 0 radical (unpaired) electrons. The normalized spacial score (nSPS) is 13.3. The standard InChI is InChI=1S/C17H16O5/c1-10-7-15(21-11(2)18)8-13-5-6-14(20-4)9-16(13)17(10)22-12(3)19/h5-9H,1H2,2-4H3. The number of carbonyl (C=O) groups is 2. The fourth-order valence-corrected chi connectivity index (χ4v) is 2.08. The highest BCUT2D eigenvalue weighted by atomic mass is 16.5. The van der Waals surface area contributed by atoms with Crippen molar-refractivity contribution >= 4 is 23.8 Å². The third-order valence-electron chi connectivity index (χ3n) is 2.92. The molecule has 0 amide bonds. The summed E-state index contributed by atoms with van der Waals surface area (Å²) in [6.45, 7) is 6.50. The lowest BCUT2D eigenvalue weighted by Gasteiger charge is -2.07. The van der Waals surface area contributed by atoms with E-state index in [1.165, 1.54) is 13.8 Å². The Morgan fingerprint density at radius 1 is 1.05 bits per heavy atom. The molecule has 0 fully saturated rings. The molecule has 0 heterocycles. The van der Waals surface area contributed by atoms with Crippen LogP contribution in [0.5, 0.6) is 5.75 Å². The lowest BCUT2D eigenvalue weighted by atomic mass is 10.1. The van der Waals surface area contributed by atoms with Crippen molar-refractivity contribution in [1.29, 1.82) is 0 Å². The van der Waals surface area contributed by atoms with Crippen LogP contribution in [0.1, 0.15) is 13.8 Å². The van der Waals surface area contributed by atoms with E-state index in [1.54, 1.807) is 37.5 Å². The van der Waals surface area contributed by atoms with E-state index in [4.69, 9.17) is 14.2 Å². The van der Waals surface area contributed by atoms with Gasteiger partial charge in [0.15, 0.2) is 0 Å². The number of ether oxygens (including phenoxy) is 3. The van der Waals surface area contributed by atoms with Crippen LogP contribution < -0.4 is 15.2 Å². The summed E-state index contributed by atoms with van der Waals surface area (Å²) in [5, 5.41) is 1.36. The van der Waals surface area contributed by atoms with Crippen LogP contribution in [-0.2, 0) is 19.1 Å². The molecule has 0 atom stereocenters. The smallest absolute Gasteiger partial charge is 0.308 e. The van der Waals surface area contributed by atoms with Gasteiger partial charge in [0.25, 0.3) is 0 Å². The van der Waals surface area contributed by atoms with Gasteiger partial charge in [-0.2, -0.15) is 0 Å². The van der Waals surface area contributed by atoms with E-state index >= 15 is 0 Å². The van der Waals surface area contributed by atoms with Crippen molar-refractivity contribution in [3.63, 3.8) is 0 Å². The Balaban J connectivity index is 2.72. The first kappa shape index (κ1) is 15.6. The topological polar surface area (TPSA) is 61.8 Å². The molecule has 0 N–H and O–H groups in total. The van der Waals surface area contributed by atoms with E-state index in [-0.39, 0.29) is 0 Å². The Kier molecular flexibility index (Phi) is 4.46. The van der Waals surface area contributed by atoms with Gasteiger partial charge in [0.1, 0.15) is 17.3 Å². The van der Waals surface area contributed by atoms with E-state index in [0.29, 0.717) is 28.1 Å². The lowest BCUT2D eigenvalue weighted by molar-refractivity contribution is -0.136. The van der Waals surface area contributed by atoms with Crippen LogP contribution in [0.3, 0.4) is 0 Å². The second-order valence-corrected chi connectivity index (χ2v) is 4.69. The highest BCUT2D eigenvalue weighted by molar-refractivity contribution is 5.79. The fraction of sp³-hybridized carbons (Fsp3) is 0.176. The van der Waals surface area contributed by atoms with E-state index in [9.17, 15) is 9.59 Å². The van der Waals surface area contributed by atoms with E-state index < -0.39 is 11.9 Å². The number of rotatable bonds is 3. The van der Waals surface area contributed by atoms with Gasteiger partial charge < -0.3 is 14.2 Å². The quantitative estimate of drug-likeness (QED) is 0.784. The van der Waals surface area contributed by atoms with E-state index in [0.717, 1.165) is 5.22 Å². The van der Waals surface area contributed by atoms with Crippen molar-refractivity contribution in [1.82, 2.24) is 0 Å². The minimum atomic E-state index is -0.464. The van der Waals surface area contributed by atoms with E-state index in [1.807, 2.05) is 0 Å². The molecule has 0 unspecified atom stereocenters. The number of hydrogen-bond donors (Lipinski definition) is 0. The maximum atomic E-state index is 11.4. The first-order valence-electron chi connectivity index (χ1n) is 6.58. The summed E-state index contributed by atoms with van der Waals surface area (Å²) in [5.74, 6) is 0.335. The fourth-order valence-electron chi connectivity index (χ4n) is 2.08. The van der Waals surface area contributed by atoms with Crippen molar-refractivity contribution in [2.24, 2.45) is 0 Å². The van der Waals surface area contributed by atoms with Gasteiger partial charge in [0.05, 0.1) is 7.11 Å². The van der Waals surface area contributed by atoms with Crippen molar-refractivity contribution in [3.8, 4) is 5.75 Å². The van der Waals surface area contributed by atoms with Gasteiger partial charge in [-0.15, -0.1) is 0 Å². The average Bonchev–Trinajstić information content (AvgIpc) is 2.55. The monoisotopic (exact) mass is 300 g/mol. The Bertz CT molecular complexity index is 799. The molecule has 2 rings (SSSR count). The zero-order valence-electron chi connectivity index (χ0n) is 12.6. The van der Waals surface area contributed by atoms with Crippen LogP contribution in [0.2, 0.25) is 0 Å². The highest BCUT2D eigenvalue weighted by Gasteiger charge is 2.14. The van der Waals surface area contributed by atoms with Crippen molar-refractivity contribution < 1.29 is 23.8 Å². The van der Waals surface area contributed by atoms with Crippen LogP contribution in [-0.4, -0.2) is 19.0 Å². The minimum absolute atomic E-state index is 0.305. The SMILES string of the molecule is C=C1C=C(OC(C)=O)C=c2ccc(OC)cc2=C1OC(C)=O. The molecule has 1 aromatic rings. The number of fused-ring (bicyclic) bond motifs is 1. The summed E-state index contributed by atoms with van der Waals surface area (Å²) in [6, 6.07) is 5.29. The summed E-state index contributed by atoms with van der Waals surface area (Å²) in [5.41, 5.74) is 0.426. The van der Waals surface area contributed by atoms with Gasteiger partial charge in [-0.1, -0.05) is 12.6 Å². The number of carbonyl (C=O) groups excluding carboxylic acids is 2. The summed E-state index contributed by atoms with van der Waals surface area (Å²) in [4.78, 5) is 22.5. The molecule has 0 spiro atoms. The second kappa shape index (κ2) is 6.30. The zero-order chi connectivity index (χ0) is 16.3. The number of benzene rings is 1. The molecule has 0 aromatic heterocycles. The molecule has 114 valence electrons. The Morgan fingerprint density at radius 3 is 2.32 bits per heavy atom. The number of allylic oxidation sites excluding steroid dienone is 1. The molecule has 0 bridgehead atoms. The van der Waals surface area contributed by atoms with E-state index in [2.05, 4.69) is 6.58 Å². The molecule has 1 aliphatic carbocycles. The maximum absolute atomic E-state index is 11.4. The Hall–Kier alpha value is -2.82. The van der Waals surface area contributed by atoms with Crippen molar-refractivity contribution in [3.05, 3.63) is 52.6 Å². The molecule has 0 aliphatic heterocycles. The summed E-state index contributed by atoms with van der Waals surface area (Å²) in [6.07, 6.45) is 3.23. The molecule has 0 saturated carbocycles. The first-order valence-corrected chi connectivity index (χ1v) is 6.58. The average molecular weight is 300 g/mol. The molecule has 5 nitrogen and oxygen atoms in total. The molecule has 1 aromatic carbocycles. The van der Waals surface area contributed by atoms with Crippen LogP contribution in [0.25, 0.3) is 11.8 Å². The molecule has 1 aliphatic rings. The third kappa shape index (κ3) is 3.44. The number of esters is 2. The van der Waals surface area contributed by atoms with Crippen LogP contribution in [0, 0.1) is 0 Å². The largest absolute Gasteiger partial charge is 0.497 e. The number of methoxy groups -OCH3 is 1. The van der Waals surface area contributed by atoms with Crippen LogP contribution >= 0.6 is 0 Å². The predicted molar refractivity (Wildman–Crippen MR) is 80.9 cm³/mol. The predicted octanol–water partition coefficient (Wildman–Crippen LogP) is 1.16. The second-order valence-electron chi connectivity index (χ2n) is 4.69. The van der Waals surface area contributed by atoms with Crippen molar-refractivity contribution in [2.75, 3.05) is 7.11 Å². The minimum Gasteiger partial charge on any atom is -0.497 e. The summed E-state index contributed by atoms with van der Waals surface area (Å²) in [7, 11) is 1.55. The van der Waals surface area contributed by atoms with Crippen LogP contribution in [0.15, 0.2) is 42.2 Å². The Labute approximate surface area is 127 Å². The van der Waals surface area contributed by atoms with Gasteiger partial charge in [0.2, 0.25) is 0 Å². The zero-order valence-corrected chi connectivity index (χ0v) is 12.6. The van der Waals surface area contributed by atoms with Gasteiger partial charge >= 0.3 is 11.9 Å². The maximum Gasteiger partial charge on any atom is 0.308 e. The molecule has 5 heteroatoms. The lowest BCUT2D eigenvalue weighted by Crippen LogP contribution is -2.28.